The molecule has 31 heavy (non-hydrogen) atoms. The van der Waals surface area contributed by atoms with Crippen LogP contribution in [0.25, 0.3) is 10.9 Å². The summed E-state index contributed by atoms with van der Waals surface area (Å²) in [5.41, 5.74) is 1.89. The molecular weight excluding hydrogens is 398 g/mol. The molecule has 0 radical (unpaired) electrons. The molecule has 0 bridgehead atoms. The van der Waals surface area contributed by atoms with E-state index in [1.54, 1.807) is 18.0 Å². The molecule has 166 valence electrons. The van der Waals surface area contributed by atoms with Gasteiger partial charge in [0, 0.05) is 49.0 Å². The van der Waals surface area contributed by atoms with Crippen LogP contribution in [0.4, 0.5) is 10.5 Å². The van der Waals surface area contributed by atoms with E-state index in [-0.39, 0.29) is 18.4 Å². The van der Waals surface area contributed by atoms with Crippen molar-refractivity contribution < 1.29 is 24.2 Å². The summed E-state index contributed by atoms with van der Waals surface area (Å²) in [5, 5.41) is 10.1. The van der Waals surface area contributed by atoms with Crippen LogP contribution in [0.1, 0.15) is 38.1 Å². The first-order chi connectivity index (χ1) is 14.5. The number of hydrogen-bond acceptors (Lipinski definition) is 5. The number of benzene rings is 1. The van der Waals surface area contributed by atoms with Gasteiger partial charge in [-0.3, -0.25) is 14.2 Å². The molecule has 0 spiro atoms. The Morgan fingerprint density at radius 3 is 2.32 bits per heavy atom. The van der Waals surface area contributed by atoms with Crippen molar-refractivity contribution in [3.05, 3.63) is 42.1 Å². The topological polar surface area (TPSA) is 92.1 Å². The van der Waals surface area contributed by atoms with E-state index in [2.05, 4.69) is 11.5 Å². The van der Waals surface area contributed by atoms with E-state index in [0.717, 1.165) is 11.1 Å². The van der Waals surface area contributed by atoms with E-state index in [1.165, 1.54) is 4.57 Å². The monoisotopic (exact) mass is 427 g/mol. The van der Waals surface area contributed by atoms with Gasteiger partial charge in [0.25, 0.3) is 5.91 Å². The normalized spacial score (nSPS) is 14.6. The molecule has 1 aromatic carbocycles. The van der Waals surface area contributed by atoms with Crippen LogP contribution in [0.15, 0.2) is 36.5 Å². The fraction of sp³-hybridized carbons (Fsp3) is 0.435. The number of allylic oxidation sites excluding steroid dienone is 1. The largest absolute Gasteiger partial charge is 0.481 e. The third-order valence-corrected chi connectivity index (χ3v) is 5.08. The van der Waals surface area contributed by atoms with Gasteiger partial charge in [-0.05, 0) is 45.4 Å². The van der Waals surface area contributed by atoms with Crippen molar-refractivity contribution >= 4 is 34.6 Å². The lowest BCUT2D eigenvalue weighted by Gasteiger charge is -2.37. The molecule has 1 N–H and O–H groups in total. The minimum Gasteiger partial charge on any atom is -0.481 e. The zero-order chi connectivity index (χ0) is 22.9. The van der Waals surface area contributed by atoms with Crippen LogP contribution in [0, 0.1) is 0 Å². The Morgan fingerprint density at radius 1 is 1.13 bits per heavy atom. The average Bonchev–Trinajstić information content (AvgIpc) is 3.04. The van der Waals surface area contributed by atoms with Gasteiger partial charge in [0.1, 0.15) is 5.60 Å². The molecule has 1 saturated heterocycles. The van der Waals surface area contributed by atoms with Gasteiger partial charge in [0.05, 0.1) is 11.9 Å². The number of fused-ring (bicyclic) bond motifs is 1. The Hall–Kier alpha value is -3.29. The van der Waals surface area contributed by atoms with Gasteiger partial charge in [-0.1, -0.05) is 12.6 Å². The molecule has 1 aromatic heterocycles. The summed E-state index contributed by atoms with van der Waals surface area (Å²) in [6.07, 6.45) is 1.06. The quantitative estimate of drug-likeness (QED) is 0.751. The van der Waals surface area contributed by atoms with Gasteiger partial charge in [0.2, 0.25) is 0 Å². The molecule has 1 aliphatic rings. The van der Waals surface area contributed by atoms with Crippen LogP contribution in [0.5, 0.6) is 0 Å². The highest BCUT2D eigenvalue weighted by molar-refractivity contribution is 6.06. The molecule has 0 atom stereocenters. The van der Waals surface area contributed by atoms with Gasteiger partial charge < -0.3 is 19.6 Å². The number of ether oxygens (including phenoxy) is 1. The Morgan fingerprint density at radius 2 is 1.77 bits per heavy atom. The second-order valence-electron chi connectivity index (χ2n) is 8.81. The summed E-state index contributed by atoms with van der Waals surface area (Å²) in [5.74, 6) is -1.24. The van der Waals surface area contributed by atoms with E-state index in [0.29, 0.717) is 42.8 Å². The van der Waals surface area contributed by atoms with Crippen LogP contribution >= 0.6 is 0 Å². The average molecular weight is 428 g/mol. The molecular formula is C23H29N3O5. The maximum Gasteiger partial charge on any atom is 0.410 e. The number of carbonyl (C=O) groups is 3. The molecule has 2 heterocycles. The maximum absolute atomic E-state index is 12.6. The number of rotatable bonds is 4. The summed E-state index contributed by atoms with van der Waals surface area (Å²) in [7, 11) is 0. The third kappa shape index (κ3) is 4.90. The van der Waals surface area contributed by atoms with Crippen molar-refractivity contribution in [2.24, 2.45) is 0 Å². The fourth-order valence-electron chi connectivity index (χ4n) is 3.74. The first kappa shape index (κ1) is 22.4. The number of piperazine rings is 1. The summed E-state index contributed by atoms with van der Waals surface area (Å²) in [6, 6.07) is 5.58. The number of carboxylic acids is 1. The molecule has 1 aliphatic heterocycles. The van der Waals surface area contributed by atoms with Gasteiger partial charge in [-0.25, -0.2) is 4.79 Å². The maximum atomic E-state index is 12.6. The van der Waals surface area contributed by atoms with Gasteiger partial charge in [-0.15, -0.1) is 0 Å². The number of aromatic nitrogens is 1. The van der Waals surface area contributed by atoms with E-state index < -0.39 is 11.6 Å². The minimum atomic E-state index is -0.966. The van der Waals surface area contributed by atoms with Crippen molar-refractivity contribution in [3.63, 3.8) is 0 Å². The van der Waals surface area contributed by atoms with E-state index in [4.69, 9.17) is 4.74 Å². The number of nitrogens with zero attached hydrogens (tertiary/aromatic N) is 3. The first-order valence-corrected chi connectivity index (χ1v) is 10.3. The van der Waals surface area contributed by atoms with E-state index in [1.807, 2.05) is 39.0 Å². The molecule has 2 aromatic rings. The lowest BCUT2D eigenvalue weighted by molar-refractivity contribution is -0.136. The third-order valence-electron chi connectivity index (χ3n) is 5.08. The van der Waals surface area contributed by atoms with Gasteiger partial charge >= 0.3 is 12.1 Å². The van der Waals surface area contributed by atoms with Crippen molar-refractivity contribution in [1.82, 2.24) is 9.47 Å². The number of anilines is 1. The molecule has 1 amide bonds. The number of aliphatic carboxylic acids is 1. The number of carbonyl (C=O) groups excluding carboxylic acids is 2. The summed E-state index contributed by atoms with van der Waals surface area (Å²) >= 11 is 0. The molecule has 8 nitrogen and oxygen atoms in total. The highest BCUT2D eigenvalue weighted by Gasteiger charge is 2.28. The van der Waals surface area contributed by atoms with Crippen LogP contribution in [0.2, 0.25) is 0 Å². The first-order valence-electron chi connectivity index (χ1n) is 10.3. The molecule has 3 rings (SSSR count). The molecule has 8 heteroatoms. The summed E-state index contributed by atoms with van der Waals surface area (Å²) in [4.78, 5) is 40.2. The van der Waals surface area contributed by atoms with Crippen molar-refractivity contribution in [3.8, 4) is 0 Å². The Balaban J connectivity index is 1.93. The van der Waals surface area contributed by atoms with Crippen LogP contribution in [-0.4, -0.2) is 64.3 Å². The molecule has 0 saturated carbocycles. The predicted molar refractivity (Wildman–Crippen MR) is 119 cm³/mol. The number of hydrogen-bond donors (Lipinski definition) is 1. The fourth-order valence-corrected chi connectivity index (χ4v) is 3.74. The second-order valence-corrected chi connectivity index (χ2v) is 8.81. The SMILES string of the molecule is C=C(C)C(=O)n1cc(CC(=O)O)c2c(N3CCN(C(=O)OC(C)(C)C)CC3)cccc21. The van der Waals surface area contributed by atoms with Crippen molar-refractivity contribution in [2.75, 3.05) is 31.1 Å². The van der Waals surface area contributed by atoms with E-state index >= 15 is 0 Å². The number of amides is 1. The smallest absolute Gasteiger partial charge is 0.410 e. The second kappa shape index (κ2) is 8.45. The van der Waals surface area contributed by atoms with Crippen molar-refractivity contribution in [1.29, 1.82) is 0 Å². The zero-order valence-electron chi connectivity index (χ0n) is 18.5. The highest BCUT2D eigenvalue weighted by Crippen LogP contribution is 2.33. The Bertz CT molecular complexity index is 1040. The van der Waals surface area contributed by atoms with E-state index in [9.17, 15) is 19.5 Å². The standard InChI is InChI=1S/C23H29N3O5/c1-15(2)21(29)26-14-16(13-19(27)28)20-17(7-6-8-18(20)26)24-9-11-25(12-10-24)22(30)31-23(3,4)5/h6-8,14H,1,9-13H2,2-5H3,(H,27,28). The molecule has 0 unspecified atom stereocenters. The lowest BCUT2D eigenvalue weighted by Crippen LogP contribution is -2.50. The van der Waals surface area contributed by atoms with Crippen LogP contribution < -0.4 is 4.90 Å². The summed E-state index contributed by atoms with van der Waals surface area (Å²) < 4.78 is 6.93. The van der Waals surface area contributed by atoms with Crippen LogP contribution in [-0.2, 0) is 16.0 Å². The van der Waals surface area contributed by atoms with Crippen LogP contribution in [0.3, 0.4) is 0 Å². The lowest BCUT2D eigenvalue weighted by atomic mass is 10.1. The predicted octanol–water partition coefficient (Wildman–Crippen LogP) is 3.54. The Labute approximate surface area is 181 Å². The van der Waals surface area contributed by atoms with Gasteiger partial charge in [-0.2, -0.15) is 0 Å². The minimum absolute atomic E-state index is 0.193. The van der Waals surface area contributed by atoms with Crippen molar-refractivity contribution in [2.45, 2.75) is 39.7 Å². The summed E-state index contributed by atoms with van der Waals surface area (Å²) in [6.45, 7) is 13.0. The van der Waals surface area contributed by atoms with Gasteiger partial charge in [0.15, 0.2) is 0 Å². The molecule has 1 fully saturated rings. The highest BCUT2D eigenvalue weighted by atomic mass is 16.6. The number of carboxylic acid groups (broad SMARTS) is 1. The molecule has 0 aliphatic carbocycles. The zero-order valence-corrected chi connectivity index (χ0v) is 18.5. The Kier molecular flexibility index (Phi) is 6.10.